The van der Waals surface area contributed by atoms with Crippen molar-refractivity contribution in [3.05, 3.63) is 47.0 Å². The monoisotopic (exact) mass is 304 g/mol. The number of imidazole rings is 1. The third kappa shape index (κ3) is 3.07. The van der Waals surface area contributed by atoms with Crippen molar-refractivity contribution < 1.29 is 4.74 Å². The summed E-state index contributed by atoms with van der Waals surface area (Å²) in [5.41, 5.74) is 2.46. The van der Waals surface area contributed by atoms with Crippen LogP contribution in [0.25, 0.3) is 0 Å². The summed E-state index contributed by atoms with van der Waals surface area (Å²) in [4.78, 5) is 11.4. The number of thiazole rings is 1. The molecule has 1 aliphatic heterocycles. The maximum atomic E-state index is 5.74. The molecule has 112 valence electrons. The summed E-state index contributed by atoms with van der Waals surface area (Å²) >= 11 is 1.70. The van der Waals surface area contributed by atoms with Gasteiger partial charge in [-0.15, -0.1) is 17.9 Å². The second-order valence-electron chi connectivity index (χ2n) is 5.18. The molecule has 2 aromatic rings. The first-order valence-corrected chi connectivity index (χ1v) is 7.98. The highest BCUT2D eigenvalue weighted by Crippen LogP contribution is 2.30. The van der Waals surface area contributed by atoms with Gasteiger partial charge in [-0.05, 0) is 0 Å². The summed E-state index contributed by atoms with van der Waals surface area (Å²) in [6, 6.07) is 0.227. The van der Waals surface area contributed by atoms with Crippen molar-refractivity contribution in [1.29, 1.82) is 0 Å². The molecule has 1 atom stereocenters. The fourth-order valence-corrected chi connectivity index (χ4v) is 3.47. The Labute approximate surface area is 128 Å². The molecule has 6 heteroatoms. The second kappa shape index (κ2) is 6.51. The van der Waals surface area contributed by atoms with Gasteiger partial charge in [0.1, 0.15) is 5.01 Å². The maximum absolute atomic E-state index is 5.74. The van der Waals surface area contributed by atoms with E-state index >= 15 is 0 Å². The first-order valence-electron chi connectivity index (χ1n) is 7.10. The molecule has 0 saturated carbocycles. The standard InChI is InChI=1S/C15H20N4OS/c1-3-7-20-10-13-15-12(17-11-18(15)2)4-6-19(13)9-14-16-5-8-21-14/h3,5,8,11,13H,1,4,6-7,9-10H2,2H3. The van der Waals surface area contributed by atoms with E-state index in [2.05, 4.69) is 33.1 Å². The van der Waals surface area contributed by atoms with Gasteiger partial charge in [-0.25, -0.2) is 9.97 Å². The summed E-state index contributed by atoms with van der Waals surface area (Å²) in [5.74, 6) is 0. The van der Waals surface area contributed by atoms with Crippen molar-refractivity contribution in [1.82, 2.24) is 19.4 Å². The van der Waals surface area contributed by atoms with Gasteiger partial charge in [-0.3, -0.25) is 4.90 Å². The van der Waals surface area contributed by atoms with E-state index in [4.69, 9.17) is 4.74 Å². The van der Waals surface area contributed by atoms with Crippen LogP contribution in [-0.4, -0.2) is 39.2 Å². The Balaban J connectivity index is 1.81. The highest BCUT2D eigenvalue weighted by molar-refractivity contribution is 7.09. The smallest absolute Gasteiger partial charge is 0.107 e. The van der Waals surface area contributed by atoms with E-state index in [9.17, 15) is 0 Å². The predicted molar refractivity (Wildman–Crippen MR) is 83.2 cm³/mol. The van der Waals surface area contributed by atoms with Crippen molar-refractivity contribution in [3.8, 4) is 0 Å². The summed E-state index contributed by atoms with van der Waals surface area (Å²) in [6.07, 6.45) is 6.54. The van der Waals surface area contributed by atoms with Crippen LogP contribution < -0.4 is 0 Å². The molecule has 0 saturated heterocycles. The first-order chi connectivity index (χ1) is 10.3. The van der Waals surface area contributed by atoms with E-state index in [0.29, 0.717) is 13.2 Å². The van der Waals surface area contributed by atoms with Crippen molar-refractivity contribution in [2.75, 3.05) is 19.8 Å². The van der Waals surface area contributed by atoms with Gasteiger partial charge in [0.2, 0.25) is 0 Å². The topological polar surface area (TPSA) is 43.2 Å². The van der Waals surface area contributed by atoms with Gasteiger partial charge in [0.15, 0.2) is 0 Å². The minimum absolute atomic E-state index is 0.227. The average molecular weight is 304 g/mol. The van der Waals surface area contributed by atoms with E-state index in [-0.39, 0.29) is 6.04 Å². The van der Waals surface area contributed by atoms with Crippen LogP contribution in [0, 0.1) is 0 Å². The quantitative estimate of drug-likeness (QED) is 0.606. The highest BCUT2D eigenvalue weighted by Gasteiger charge is 2.31. The van der Waals surface area contributed by atoms with Crippen LogP contribution in [-0.2, 0) is 24.8 Å². The van der Waals surface area contributed by atoms with Crippen LogP contribution in [0.1, 0.15) is 22.4 Å². The van der Waals surface area contributed by atoms with Crippen LogP contribution >= 0.6 is 11.3 Å². The third-order valence-corrected chi connectivity index (χ3v) is 4.55. The zero-order chi connectivity index (χ0) is 14.7. The number of hydrogen-bond donors (Lipinski definition) is 0. The fourth-order valence-electron chi connectivity index (χ4n) is 2.83. The zero-order valence-corrected chi connectivity index (χ0v) is 13.1. The Hall–Kier alpha value is -1.50. The number of fused-ring (bicyclic) bond motifs is 1. The van der Waals surface area contributed by atoms with Gasteiger partial charge in [-0.1, -0.05) is 6.08 Å². The molecule has 0 fully saturated rings. The molecule has 2 aromatic heterocycles. The fraction of sp³-hybridized carbons (Fsp3) is 0.467. The number of nitrogens with zero attached hydrogens (tertiary/aromatic N) is 4. The molecule has 1 unspecified atom stereocenters. The summed E-state index contributed by atoms with van der Waals surface area (Å²) in [7, 11) is 2.05. The minimum atomic E-state index is 0.227. The second-order valence-corrected chi connectivity index (χ2v) is 6.15. The van der Waals surface area contributed by atoms with E-state index in [1.807, 2.05) is 17.9 Å². The number of rotatable bonds is 6. The van der Waals surface area contributed by atoms with Crippen LogP contribution in [0.2, 0.25) is 0 Å². The number of aromatic nitrogens is 3. The van der Waals surface area contributed by atoms with Crippen molar-refractivity contribution >= 4 is 11.3 Å². The Morgan fingerprint density at radius 1 is 1.52 bits per heavy atom. The Kier molecular flexibility index (Phi) is 4.48. The molecular formula is C15H20N4OS. The van der Waals surface area contributed by atoms with Crippen LogP contribution in [0.4, 0.5) is 0 Å². The molecule has 5 nitrogen and oxygen atoms in total. The number of aryl methyl sites for hydroxylation is 1. The molecule has 0 amide bonds. The first kappa shape index (κ1) is 14.4. The minimum Gasteiger partial charge on any atom is -0.375 e. The predicted octanol–water partition coefficient (Wildman–Crippen LogP) is 2.18. The van der Waals surface area contributed by atoms with Crippen molar-refractivity contribution in [2.45, 2.75) is 19.0 Å². The van der Waals surface area contributed by atoms with Crippen LogP contribution in [0.5, 0.6) is 0 Å². The van der Waals surface area contributed by atoms with Gasteiger partial charge in [0, 0.05) is 31.6 Å². The zero-order valence-electron chi connectivity index (χ0n) is 12.2. The highest BCUT2D eigenvalue weighted by atomic mass is 32.1. The Morgan fingerprint density at radius 2 is 2.43 bits per heavy atom. The molecule has 0 spiro atoms. The van der Waals surface area contributed by atoms with E-state index < -0.39 is 0 Å². The molecule has 0 aliphatic carbocycles. The lowest BCUT2D eigenvalue weighted by Crippen LogP contribution is -2.38. The van der Waals surface area contributed by atoms with Gasteiger partial charge >= 0.3 is 0 Å². The summed E-state index contributed by atoms with van der Waals surface area (Å²) < 4.78 is 7.85. The summed E-state index contributed by atoms with van der Waals surface area (Å²) in [5, 5.41) is 3.17. The van der Waals surface area contributed by atoms with Crippen molar-refractivity contribution in [3.63, 3.8) is 0 Å². The van der Waals surface area contributed by atoms with Crippen LogP contribution in [0.3, 0.4) is 0 Å². The van der Waals surface area contributed by atoms with E-state index in [1.54, 1.807) is 17.4 Å². The summed E-state index contributed by atoms with van der Waals surface area (Å²) in [6.45, 7) is 6.80. The third-order valence-electron chi connectivity index (χ3n) is 3.79. The molecular weight excluding hydrogens is 284 g/mol. The maximum Gasteiger partial charge on any atom is 0.107 e. The Morgan fingerprint density at radius 3 is 3.19 bits per heavy atom. The van der Waals surface area contributed by atoms with Gasteiger partial charge < -0.3 is 9.30 Å². The largest absolute Gasteiger partial charge is 0.375 e. The molecule has 0 radical (unpaired) electrons. The van der Waals surface area contributed by atoms with E-state index in [0.717, 1.165) is 24.5 Å². The lowest BCUT2D eigenvalue weighted by atomic mass is 10.0. The molecule has 0 aromatic carbocycles. The number of ether oxygens (including phenoxy) is 1. The molecule has 21 heavy (non-hydrogen) atoms. The van der Waals surface area contributed by atoms with Gasteiger partial charge in [0.05, 0.1) is 43.5 Å². The SMILES string of the molecule is C=CCOCC1c2c(ncn2C)CCN1Cc1nccs1. The van der Waals surface area contributed by atoms with Crippen LogP contribution in [0.15, 0.2) is 30.6 Å². The Bertz CT molecular complexity index is 593. The lowest BCUT2D eigenvalue weighted by molar-refractivity contribution is 0.0586. The number of hydrogen-bond acceptors (Lipinski definition) is 5. The lowest BCUT2D eigenvalue weighted by Gasteiger charge is -2.35. The average Bonchev–Trinajstić information content (AvgIpc) is 3.11. The van der Waals surface area contributed by atoms with Gasteiger partial charge in [-0.2, -0.15) is 0 Å². The molecule has 0 N–H and O–H groups in total. The molecule has 3 rings (SSSR count). The normalized spacial score (nSPS) is 18.6. The van der Waals surface area contributed by atoms with Gasteiger partial charge in [0.25, 0.3) is 0 Å². The van der Waals surface area contributed by atoms with E-state index in [1.165, 1.54) is 11.4 Å². The molecule has 0 bridgehead atoms. The molecule has 3 heterocycles. The van der Waals surface area contributed by atoms with Crippen molar-refractivity contribution in [2.24, 2.45) is 7.05 Å². The molecule has 1 aliphatic rings.